The number of nitrogens with zero attached hydrogens (tertiary/aromatic N) is 4. The van der Waals surface area contributed by atoms with Crippen LogP contribution in [-0.2, 0) is 4.74 Å². The topological polar surface area (TPSA) is 149 Å². The maximum absolute atomic E-state index is 10.3. The molecule has 3 heterocycles. The van der Waals surface area contributed by atoms with Crippen LogP contribution in [0.3, 0.4) is 0 Å². The van der Waals surface area contributed by atoms with Crippen molar-refractivity contribution in [3.05, 3.63) is 6.33 Å². The van der Waals surface area contributed by atoms with Gasteiger partial charge in [-0.15, -0.1) is 0 Å². The molecule has 0 spiro atoms. The molecule has 4 atom stereocenters. The lowest BCUT2D eigenvalue weighted by Crippen LogP contribution is -2.33. The van der Waals surface area contributed by atoms with E-state index in [1.807, 2.05) is 0 Å². The molecule has 160 valence electrons. The zero-order valence-corrected chi connectivity index (χ0v) is 16.4. The monoisotopic (exact) mass is 407 g/mol. The molecule has 1 saturated carbocycles. The summed E-state index contributed by atoms with van der Waals surface area (Å²) in [7, 11) is 0. The standard InChI is InChI=1S/C19H29N5O5/c20-16-13-17(24(10-21-13)18-15(27)14(26)12(9-25)29-18)23-19(22-16)28-8-4-7-11-5-2-1-3-6-11/h10-12,14-15,18,25-27H,1-9H2,(H2,20,22,23)/t12-,14-,15-,18-/m1/s1. The number of rotatable bonds is 7. The summed E-state index contributed by atoms with van der Waals surface area (Å²) >= 11 is 0. The molecule has 1 aliphatic heterocycles. The Kier molecular flexibility index (Phi) is 6.14. The summed E-state index contributed by atoms with van der Waals surface area (Å²) in [4.78, 5) is 12.7. The fourth-order valence-electron chi connectivity index (χ4n) is 4.29. The number of aliphatic hydroxyl groups excluding tert-OH is 3. The number of imidazole rings is 1. The van der Waals surface area contributed by atoms with Crippen LogP contribution in [0.4, 0.5) is 5.82 Å². The van der Waals surface area contributed by atoms with Gasteiger partial charge in [0.15, 0.2) is 23.2 Å². The van der Waals surface area contributed by atoms with Crippen LogP contribution >= 0.6 is 0 Å². The van der Waals surface area contributed by atoms with Gasteiger partial charge in [0.2, 0.25) is 0 Å². The molecule has 4 rings (SSSR count). The summed E-state index contributed by atoms with van der Waals surface area (Å²) in [5.41, 5.74) is 6.71. The number of aliphatic hydroxyl groups is 3. The Labute approximate surface area is 168 Å². The SMILES string of the molecule is Nc1nc(OCCCC2CCCCC2)nc2c1ncn2[C@@H]1O[C@H](CO)[C@@H](O)[C@H]1O. The van der Waals surface area contributed by atoms with Crippen LogP contribution in [0.2, 0.25) is 0 Å². The first-order valence-corrected chi connectivity index (χ1v) is 10.3. The molecule has 0 radical (unpaired) electrons. The van der Waals surface area contributed by atoms with Crippen molar-refractivity contribution in [1.82, 2.24) is 19.5 Å². The number of anilines is 1. The number of hydrogen-bond donors (Lipinski definition) is 4. The molecule has 0 bridgehead atoms. The molecular formula is C19H29N5O5. The summed E-state index contributed by atoms with van der Waals surface area (Å²) < 4.78 is 12.8. The lowest BCUT2D eigenvalue weighted by atomic mass is 9.86. The van der Waals surface area contributed by atoms with Crippen LogP contribution in [0.1, 0.15) is 51.2 Å². The van der Waals surface area contributed by atoms with Crippen molar-refractivity contribution in [3.63, 3.8) is 0 Å². The molecule has 2 aromatic rings. The number of nitrogen functional groups attached to an aromatic ring is 1. The second kappa shape index (κ2) is 8.78. The van der Waals surface area contributed by atoms with Gasteiger partial charge in [-0.25, -0.2) is 4.98 Å². The van der Waals surface area contributed by atoms with Gasteiger partial charge in [-0.05, 0) is 18.8 Å². The van der Waals surface area contributed by atoms with Gasteiger partial charge in [0.05, 0.1) is 19.5 Å². The minimum atomic E-state index is -1.24. The van der Waals surface area contributed by atoms with Gasteiger partial charge in [0.25, 0.3) is 0 Å². The van der Waals surface area contributed by atoms with Crippen LogP contribution in [0.15, 0.2) is 6.33 Å². The highest BCUT2D eigenvalue weighted by Gasteiger charge is 2.44. The summed E-state index contributed by atoms with van der Waals surface area (Å²) in [5.74, 6) is 0.955. The van der Waals surface area contributed by atoms with Gasteiger partial charge in [-0.2, -0.15) is 9.97 Å². The van der Waals surface area contributed by atoms with Gasteiger partial charge >= 0.3 is 6.01 Å². The summed E-state index contributed by atoms with van der Waals surface area (Å²) in [6.07, 6.45) is 5.82. The molecule has 2 aliphatic rings. The molecule has 2 aromatic heterocycles. The van der Waals surface area contributed by atoms with E-state index in [9.17, 15) is 15.3 Å². The normalized spacial score (nSPS) is 28.2. The van der Waals surface area contributed by atoms with Gasteiger partial charge in [0, 0.05) is 0 Å². The molecular weight excluding hydrogens is 378 g/mol. The molecule has 10 heteroatoms. The highest BCUT2D eigenvalue weighted by molar-refractivity contribution is 5.82. The predicted molar refractivity (Wildman–Crippen MR) is 104 cm³/mol. The molecule has 10 nitrogen and oxygen atoms in total. The number of nitrogens with two attached hydrogens (primary N) is 1. The average molecular weight is 407 g/mol. The fraction of sp³-hybridized carbons (Fsp3) is 0.737. The molecule has 0 amide bonds. The summed E-state index contributed by atoms with van der Waals surface area (Å²) in [5, 5.41) is 29.6. The van der Waals surface area contributed by atoms with E-state index in [0.717, 1.165) is 18.8 Å². The lowest BCUT2D eigenvalue weighted by molar-refractivity contribution is -0.0511. The third-order valence-electron chi connectivity index (χ3n) is 5.93. The van der Waals surface area contributed by atoms with Crippen LogP contribution < -0.4 is 10.5 Å². The first-order chi connectivity index (χ1) is 14.1. The summed E-state index contributed by atoms with van der Waals surface area (Å²) in [6.45, 7) is 0.0945. The largest absolute Gasteiger partial charge is 0.463 e. The van der Waals surface area contributed by atoms with Crippen molar-refractivity contribution in [3.8, 4) is 6.01 Å². The molecule has 2 fully saturated rings. The lowest BCUT2D eigenvalue weighted by Gasteiger charge is -2.21. The molecule has 1 saturated heterocycles. The van der Waals surface area contributed by atoms with Crippen molar-refractivity contribution in [2.45, 2.75) is 69.5 Å². The molecule has 29 heavy (non-hydrogen) atoms. The van der Waals surface area contributed by atoms with E-state index < -0.39 is 31.1 Å². The van der Waals surface area contributed by atoms with E-state index >= 15 is 0 Å². The molecule has 1 aliphatic carbocycles. The zero-order valence-electron chi connectivity index (χ0n) is 16.4. The van der Waals surface area contributed by atoms with Crippen LogP contribution in [0, 0.1) is 5.92 Å². The molecule has 0 aromatic carbocycles. The van der Waals surface area contributed by atoms with Crippen LogP contribution in [0.25, 0.3) is 11.2 Å². The van der Waals surface area contributed by atoms with Crippen molar-refractivity contribution in [2.24, 2.45) is 5.92 Å². The highest BCUT2D eigenvalue weighted by Crippen LogP contribution is 2.32. The third kappa shape index (κ3) is 4.16. The van der Waals surface area contributed by atoms with E-state index in [4.69, 9.17) is 15.2 Å². The number of aromatic nitrogens is 4. The Hall–Kier alpha value is -2.01. The number of ether oxygens (including phenoxy) is 2. The summed E-state index contributed by atoms with van der Waals surface area (Å²) in [6, 6.07) is 0.145. The second-order valence-electron chi connectivity index (χ2n) is 7.94. The van der Waals surface area contributed by atoms with E-state index in [2.05, 4.69) is 15.0 Å². The van der Waals surface area contributed by atoms with Gasteiger partial charge in [-0.1, -0.05) is 32.1 Å². The zero-order chi connectivity index (χ0) is 20.4. The fourth-order valence-corrected chi connectivity index (χ4v) is 4.29. The van der Waals surface area contributed by atoms with E-state index in [1.165, 1.54) is 43.0 Å². The number of hydrogen-bond acceptors (Lipinski definition) is 9. The second-order valence-corrected chi connectivity index (χ2v) is 7.94. The molecule has 5 N–H and O–H groups in total. The maximum Gasteiger partial charge on any atom is 0.320 e. The Balaban J connectivity index is 1.45. The van der Waals surface area contributed by atoms with Crippen molar-refractivity contribution >= 4 is 17.0 Å². The van der Waals surface area contributed by atoms with Gasteiger partial charge < -0.3 is 30.5 Å². The quantitative estimate of drug-likeness (QED) is 0.488. The van der Waals surface area contributed by atoms with Crippen LogP contribution in [-0.4, -0.2) is 66.4 Å². The minimum absolute atomic E-state index is 0.145. The predicted octanol–water partition coefficient (Wildman–Crippen LogP) is 0.759. The Morgan fingerprint density at radius 3 is 2.69 bits per heavy atom. The Morgan fingerprint density at radius 1 is 1.17 bits per heavy atom. The maximum atomic E-state index is 10.3. The first-order valence-electron chi connectivity index (χ1n) is 10.3. The minimum Gasteiger partial charge on any atom is -0.463 e. The average Bonchev–Trinajstić information content (AvgIpc) is 3.28. The number of fused-ring (bicyclic) bond motifs is 1. The van der Waals surface area contributed by atoms with Gasteiger partial charge in [-0.3, -0.25) is 4.57 Å². The smallest absolute Gasteiger partial charge is 0.320 e. The highest BCUT2D eigenvalue weighted by atomic mass is 16.6. The first kappa shape index (κ1) is 20.3. The van der Waals surface area contributed by atoms with E-state index in [1.54, 1.807) is 0 Å². The third-order valence-corrected chi connectivity index (χ3v) is 5.93. The van der Waals surface area contributed by atoms with Crippen molar-refractivity contribution in [1.29, 1.82) is 0 Å². The van der Waals surface area contributed by atoms with Crippen molar-refractivity contribution < 1.29 is 24.8 Å². The van der Waals surface area contributed by atoms with Crippen molar-refractivity contribution in [2.75, 3.05) is 18.9 Å². The van der Waals surface area contributed by atoms with Crippen LogP contribution in [0.5, 0.6) is 6.01 Å². The molecule has 0 unspecified atom stereocenters. The van der Waals surface area contributed by atoms with E-state index in [0.29, 0.717) is 17.8 Å². The Bertz CT molecular complexity index is 825. The van der Waals surface area contributed by atoms with Gasteiger partial charge in [0.1, 0.15) is 18.3 Å². The van der Waals surface area contributed by atoms with E-state index in [-0.39, 0.29) is 11.8 Å². The Morgan fingerprint density at radius 2 is 1.97 bits per heavy atom.